The Morgan fingerprint density at radius 3 is 2.68 bits per heavy atom. The molecule has 0 fully saturated rings. The predicted octanol–water partition coefficient (Wildman–Crippen LogP) is 4.47. The number of methoxy groups -OCH3 is 1. The summed E-state index contributed by atoms with van der Waals surface area (Å²) >= 11 is 0. The third-order valence-corrected chi connectivity index (χ3v) is 7.14. The largest absolute Gasteiger partial charge is 0.454 e. The molecule has 1 N–H and O–H groups in total. The number of nitrogens with zero attached hydrogens (tertiary/aromatic N) is 2. The van der Waals surface area contributed by atoms with Crippen LogP contribution in [0.2, 0.25) is 0 Å². The topological polar surface area (TPSA) is 82.0 Å². The van der Waals surface area contributed by atoms with Gasteiger partial charge in [0, 0.05) is 60.7 Å². The molecule has 37 heavy (non-hydrogen) atoms. The van der Waals surface area contributed by atoms with E-state index in [0.717, 1.165) is 16.5 Å². The molecule has 2 amide bonds. The SMILES string of the molecule is COCCN1C(=O)c2ccccc2C(C(=O)Nc2ccc3c(c2)OCO3)C1c1cn(C)c2ccccc12. The highest BCUT2D eigenvalue weighted by atomic mass is 16.7. The Hall–Kier alpha value is -4.30. The summed E-state index contributed by atoms with van der Waals surface area (Å²) in [5, 5.41) is 4.08. The van der Waals surface area contributed by atoms with Crippen LogP contribution in [-0.4, -0.2) is 48.3 Å². The van der Waals surface area contributed by atoms with Crippen LogP contribution < -0.4 is 14.8 Å². The lowest BCUT2D eigenvalue weighted by Gasteiger charge is -2.41. The molecule has 1 aromatic heterocycles. The summed E-state index contributed by atoms with van der Waals surface area (Å²) in [5.74, 6) is 0.259. The van der Waals surface area contributed by atoms with Crippen molar-refractivity contribution in [3.63, 3.8) is 0 Å². The number of amides is 2. The van der Waals surface area contributed by atoms with Crippen molar-refractivity contribution in [3.8, 4) is 11.5 Å². The highest BCUT2D eigenvalue weighted by Gasteiger charge is 2.45. The van der Waals surface area contributed by atoms with Crippen LogP contribution in [0, 0.1) is 0 Å². The number of carbonyl (C=O) groups excluding carboxylic acids is 2. The predicted molar refractivity (Wildman–Crippen MR) is 139 cm³/mol. The van der Waals surface area contributed by atoms with Crippen LogP contribution in [0.3, 0.4) is 0 Å². The van der Waals surface area contributed by atoms with E-state index < -0.39 is 12.0 Å². The highest BCUT2D eigenvalue weighted by Crippen LogP contribution is 2.46. The smallest absolute Gasteiger partial charge is 0.254 e. The summed E-state index contributed by atoms with van der Waals surface area (Å²) in [7, 11) is 3.59. The van der Waals surface area contributed by atoms with Gasteiger partial charge < -0.3 is 29.0 Å². The van der Waals surface area contributed by atoms with E-state index in [-0.39, 0.29) is 18.6 Å². The van der Waals surface area contributed by atoms with Gasteiger partial charge in [0.05, 0.1) is 18.6 Å². The maximum Gasteiger partial charge on any atom is 0.254 e. The number of para-hydroxylation sites is 1. The molecule has 8 nitrogen and oxygen atoms in total. The van der Waals surface area contributed by atoms with Crippen LogP contribution in [0.25, 0.3) is 10.9 Å². The van der Waals surface area contributed by atoms with E-state index in [1.807, 2.05) is 60.3 Å². The van der Waals surface area contributed by atoms with Crippen molar-refractivity contribution in [2.75, 3.05) is 32.4 Å². The van der Waals surface area contributed by atoms with Gasteiger partial charge in [0.25, 0.3) is 5.91 Å². The van der Waals surface area contributed by atoms with Crippen molar-refractivity contribution < 1.29 is 23.8 Å². The molecule has 2 unspecified atom stereocenters. The molecule has 2 aliphatic heterocycles. The number of hydrogen-bond acceptors (Lipinski definition) is 5. The van der Waals surface area contributed by atoms with E-state index in [2.05, 4.69) is 5.32 Å². The van der Waals surface area contributed by atoms with E-state index >= 15 is 0 Å². The number of fused-ring (bicyclic) bond motifs is 3. The van der Waals surface area contributed by atoms with Gasteiger partial charge in [0.15, 0.2) is 11.5 Å². The standard InChI is InChI=1S/C29H27N3O5/c1-31-16-22(19-7-5-6-10-23(19)31)27-26(28(33)30-18-11-12-24-25(15-18)37-17-36-24)20-8-3-4-9-21(20)29(34)32(27)13-14-35-2/h3-12,15-16,26-27H,13-14,17H2,1-2H3,(H,30,33). The van der Waals surface area contributed by atoms with Gasteiger partial charge in [-0.15, -0.1) is 0 Å². The summed E-state index contributed by atoms with van der Waals surface area (Å²) in [6.07, 6.45) is 2.03. The second-order valence-corrected chi connectivity index (χ2v) is 9.27. The Labute approximate surface area is 214 Å². The average molecular weight is 498 g/mol. The zero-order chi connectivity index (χ0) is 25.5. The molecular weight excluding hydrogens is 470 g/mol. The zero-order valence-electron chi connectivity index (χ0n) is 20.6. The summed E-state index contributed by atoms with van der Waals surface area (Å²) < 4.78 is 18.3. The van der Waals surface area contributed by atoms with Gasteiger partial charge in [0.2, 0.25) is 12.7 Å². The molecule has 0 spiro atoms. The third kappa shape index (κ3) is 3.90. The number of aryl methyl sites for hydroxylation is 1. The minimum atomic E-state index is -0.651. The first kappa shape index (κ1) is 23.1. The molecule has 6 rings (SSSR count). The van der Waals surface area contributed by atoms with Gasteiger partial charge in [-0.3, -0.25) is 9.59 Å². The molecule has 0 aliphatic carbocycles. The lowest BCUT2D eigenvalue weighted by molar-refractivity contribution is -0.119. The number of anilines is 1. The van der Waals surface area contributed by atoms with Crippen LogP contribution in [0.5, 0.6) is 11.5 Å². The Balaban J connectivity index is 1.49. The molecule has 0 saturated heterocycles. The van der Waals surface area contributed by atoms with Crippen LogP contribution in [0.1, 0.15) is 33.4 Å². The summed E-state index contributed by atoms with van der Waals surface area (Å²) in [4.78, 5) is 29.7. The van der Waals surface area contributed by atoms with Crippen molar-refractivity contribution in [2.45, 2.75) is 12.0 Å². The van der Waals surface area contributed by atoms with E-state index in [4.69, 9.17) is 14.2 Å². The van der Waals surface area contributed by atoms with Gasteiger partial charge in [-0.05, 0) is 29.8 Å². The van der Waals surface area contributed by atoms with Crippen LogP contribution in [0.15, 0.2) is 72.9 Å². The van der Waals surface area contributed by atoms with Gasteiger partial charge in [0.1, 0.15) is 0 Å². The minimum Gasteiger partial charge on any atom is -0.454 e. The van der Waals surface area contributed by atoms with Crippen LogP contribution >= 0.6 is 0 Å². The molecule has 4 aromatic rings. The number of carbonyl (C=O) groups is 2. The fraction of sp³-hybridized carbons (Fsp3) is 0.241. The van der Waals surface area contributed by atoms with E-state index in [1.54, 1.807) is 36.3 Å². The first-order valence-electron chi connectivity index (χ1n) is 12.2. The number of hydrogen-bond donors (Lipinski definition) is 1. The highest BCUT2D eigenvalue weighted by molar-refractivity contribution is 6.05. The summed E-state index contributed by atoms with van der Waals surface area (Å²) in [5.41, 5.74) is 3.79. The molecule has 8 heteroatoms. The summed E-state index contributed by atoms with van der Waals surface area (Å²) in [6.45, 7) is 0.861. The Bertz CT molecular complexity index is 1510. The molecule has 3 aromatic carbocycles. The number of ether oxygens (including phenoxy) is 3. The second-order valence-electron chi connectivity index (χ2n) is 9.27. The van der Waals surface area contributed by atoms with Gasteiger partial charge in [-0.1, -0.05) is 36.4 Å². The maximum absolute atomic E-state index is 14.1. The van der Waals surface area contributed by atoms with Crippen LogP contribution in [0.4, 0.5) is 5.69 Å². The molecule has 188 valence electrons. The first-order valence-corrected chi connectivity index (χ1v) is 12.2. The van der Waals surface area contributed by atoms with Gasteiger partial charge in [-0.2, -0.15) is 0 Å². The number of aromatic nitrogens is 1. The zero-order valence-corrected chi connectivity index (χ0v) is 20.6. The van der Waals surface area contributed by atoms with Crippen molar-refractivity contribution in [1.29, 1.82) is 0 Å². The third-order valence-electron chi connectivity index (χ3n) is 7.14. The number of rotatable bonds is 6. The Morgan fingerprint density at radius 1 is 1.03 bits per heavy atom. The number of benzene rings is 3. The van der Waals surface area contributed by atoms with Crippen molar-refractivity contribution in [2.24, 2.45) is 7.05 Å². The normalized spacial score (nSPS) is 18.2. The van der Waals surface area contributed by atoms with Crippen molar-refractivity contribution in [1.82, 2.24) is 9.47 Å². The molecule has 2 atom stereocenters. The average Bonchev–Trinajstić information content (AvgIpc) is 3.52. The Kier molecular flexibility index (Phi) is 5.81. The fourth-order valence-electron chi connectivity index (χ4n) is 5.46. The van der Waals surface area contributed by atoms with E-state index in [0.29, 0.717) is 41.5 Å². The van der Waals surface area contributed by atoms with E-state index in [1.165, 1.54) is 0 Å². The molecule has 0 saturated carbocycles. The second kappa shape index (κ2) is 9.29. The monoisotopic (exact) mass is 497 g/mol. The molecular formula is C29H27N3O5. The molecule has 0 radical (unpaired) electrons. The van der Waals surface area contributed by atoms with Crippen molar-refractivity contribution >= 4 is 28.4 Å². The molecule has 3 heterocycles. The van der Waals surface area contributed by atoms with Crippen molar-refractivity contribution in [3.05, 3.63) is 89.6 Å². The fourth-order valence-corrected chi connectivity index (χ4v) is 5.46. The Morgan fingerprint density at radius 2 is 1.81 bits per heavy atom. The van der Waals surface area contributed by atoms with Gasteiger partial charge in [-0.25, -0.2) is 0 Å². The van der Waals surface area contributed by atoms with E-state index in [9.17, 15) is 9.59 Å². The lowest BCUT2D eigenvalue weighted by Crippen LogP contribution is -2.47. The van der Waals surface area contributed by atoms with Crippen LogP contribution in [-0.2, 0) is 16.6 Å². The maximum atomic E-state index is 14.1. The lowest BCUT2D eigenvalue weighted by atomic mass is 9.79. The first-order chi connectivity index (χ1) is 18.1. The molecule has 0 bridgehead atoms. The van der Waals surface area contributed by atoms with Gasteiger partial charge >= 0.3 is 0 Å². The minimum absolute atomic E-state index is 0.113. The molecule has 2 aliphatic rings. The quantitative estimate of drug-likeness (QED) is 0.425. The summed E-state index contributed by atoms with van der Waals surface area (Å²) in [6, 6.07) is 20.2. The number of nitrogens with one attached hydrogen (secondary N) is 1.